The van der Waals surface area contributed by atoms with Crippen molar-refractivity contribution < 1.29 is 24.2 Å². The van der Waals surface area contributed by atoms with E-state index in [-0.39, 0.29) is 24.0 Å². The summed E-state index contributed by atoms with van der Waals surface area (Å²) in [5.41, 5.74) is 2.98. The Labute approximate surface area is 222 Å². The van der Waals surface area contributed by atoms with E-state index in [1.165, 1.54) is 4.90 Å². The van der Waals surface area contributed by atoms with E-state index in [1.54, 1.807) is 30.6 Å². The number of ether oxygens (including phenoxy) is 2. The number of amides is 1. The number of pyridine rings is 1. The number of ketones is 1. The summed E-state index contributed by atoms with van der Waals surface area (Å²) < 4.78 is 11.8. The molecule has 3 aromatic rings. The Hall–Kier alpha value is -4.13. The summed E-state index contributed by atoms with van der Waals surface area (Å²) >= 11 is 0. The Morgan fingerprint density at radius 3 is 2.76 bits per heavy atom. The zero-order chi connectivity index (χ0) is 26.8. The summed E-state index contributed by atoms with van der Waals surface area (Å²) in [7, 11) is 0. The average molecular weight is 513 g/mol. The van der Waals surface area contributed by atoms with Gasteiger partial charge in [-0.25, -0.2) is 0 Å². The van der Waals surface area contributed by atoms with Crippen molar-refractivity contribution in [2.75, 3.05) is 6.61 Å². The standard InChI is InChI=1S/C31H32N2O5/c1-19(2)11-13-37-25-8-4-7-22(16-25)28-27(29(34)23-9-10-26-24(15-23)14-20(3)38-26)30(35)31(36)33(28)18-21-6-5-12-32-17-21/h4-10,12,15-17,19-20,28,34H,11,13-14,18H2,1-3H3/b29-27+/t20-,28+/m1/s1. The third-order valence-electron chi connectivity index (χ3n) is 6.92. The highest BCUT2D eigenvalue weighted by Gasteiger charge is 2.46. The Morgan fingerprint density at radius 2 is 2.00 bits per heavy atom. The molecule has 0 aliphatic carbocycles. The minimum absolute atomic E-state index is 0.0471. The minimum Gasteiger partial charge on any atom is -0.507 e. The minimum atomic E-state index is -0.785. The van der Waals surface area contributed by atoms with E-state index < -0.39 is 17.7 Å². The highest BCUT2D eigenvalue weighted by Crippen LogP contribution is 2.42. The maximum absolute atomic E-state index is 13.4. The monoisotopic (exact) mass is 512 g/mol. The normalized spacial score (nSPS) is 20.1. The molecule has 0 bridgehead atoms. The fourth-order valence-corrected chi connectivity index (χ4v) is 4.99. The maximum atomic E-state index is 13.4. The molecule has 196 valence electrons. The Kier molecular flexibility index (Phi) is 7.18. The Morgan fingerprint density at radius 1 is 1.16 bits per heavy atom. The predicted octanol–water partition coefficient (Wildman–Crippen LogP) is 5.45. The molecule has 0 radical (unpaired) electrons. The fourth-order valence-electron chi connectivity index (χ4n) is 4.99. The number of aliphatic hydroxyl groups is 1. The molecule has 0 saturated carbocycles. The van der Waals surface area contributed by atoms with Gasteiger partial charge in [-0.15, -0.1) is 0 Å². The largest absolute Gasteiger partial charge is 0.507 e. The lowest BCUT2D eigenvalue weighted by molar-refractivity contribution is -0.140. The molecule has 7 heteroatoms. The third-order valence-corrected chi connectivity index (χ3v) is 6.92. The summed E-state index contributed by atoms with van der Waals surface area (Å²) in [5, 5.41) is 11.5. The first-order valence-corrected chi connectivity index (χ1v) is 13.0. The molecule has 0 unspecified atom stereocenters. The number of hydrogen-bond acceptors (Lipinski definition) is 6. The molecule has 2 aliphatic rings. The van der Waals surface area contributed by atoms with Gasteiger partial charge in [0, 0.05) is 30.9 Å². The van der Waals surface area contributed by atoms with Crippen LogP contribution in [0.15, 0.2) is 72.6 Å². The lowest BCUT2D eigenvalue weighted by Crippen LogP contribution is -2.29. The first-order chi connectivity index (χ1) is 18.3. The molecule has 1 saturated heterocycles. The van der Waals surface area contributed by atoms with Crippen molar-refractivity contribution in [2.45, 2.75) is 52.3 Å². The van der Waals surface area contributed by atoms with Gasteiger partial charge in [0.1, 0.15) is 23.4 Å². The zero-order valence-corrected chi connectivity index (χ0v) is 21.9. The van der Waals surface area contributed by atoms with Crippen molar-refractivity contribution in [1.29, 1.82) is 0 Å². The number of likely N-dealkylation sites (tertiary alicyclic amines) is 1. The van der Waals surface area contributed by atoms with Gasteiger partial charge in [0.15, 0.2) is 0 Å². The van der Waals surface area contributed by atoms with Crippen LogP contribution in [0.5, 0.6) is 11.5 Å². The molecule has 3 heterocycles. The van der Waals surface area contributed by atoms with Crippen LogP contribution in [0.3, 0.4) is 0 Å². The number of carbonyl (C=O) groups excluding carboxylic acids is 2. The SMILES string of the molecule is CC(C)CCOc1cccc([C@H]2/C(=C(\O)c3ccc4c(c3)C[C@@H](C)O4)C(=O)C(=O)N2Cc2cccnc2)c1. The number of Topliss-reactive ketones (excluding diaryl/α,β-unsaturated/α-hetero) is 1. The van der Waals surface area contributed by atoms with Gasteiger partial charge in [-0.1, -0.05) is 32.0 Å². The number of aliphatic hydroxyl groups excluding tert-OH is 1. The number of rotatable bonds is 8. The summed E-state index contributed by atoms with van der Waals surface area (Å²) in [6, 6.07) is 15.6. The lowest BCUT2D eigenvalue weighted by atomic mass is 9.94. The van der Waals surface area contributed by atoms with E-state index in [9.17, 15) is 14.7 Å². The van der Waals surface area contributed by atoms with E-state index in [1.807, 2.05) is 43.3 Å². The van der Waals surface area contributed by atoms with Gasteiger partial charge in [-0.05, 0) is 72.4 Å². The highest BCUT2D eigenvalue weighted by molar-refractivity contribution is 6.46. The van der Waals surface area contributed by atoms with Crippen molar-refractivity contribution in [2.24, 2.45) is 5.92 Å². The lowest BCUT2D eigenvalue weighted by Gasteiger charge is -2.25. The summed E-state index contributed by atoms with van der Waals surface area (Å²) in [5.74, 6) is 0.353. The van der Waals surface area contributed by atoms with E-state index >= 15 is 0 Å². The Bertz CT molecular complexity index is 1380. The molecule has 7 nitrogen and oxygen atoms in total. The second-order valence-corrected chi connectivity index (χ2v) is 10.3. The number of fused-ring (bicyclic) bond motifs is 1. The van der Waals surface area contributed by atoms with E-state index in [2.05, 4.69) is 18.8 Å². The number of nitrogens with zero attached hydrogens (tertiary/aromatic N) is 2. The summed E-state index contributed by atoms with van der Waals surface area (Å²) in [4.78, 5) is 32.5. The molecular formula is C31H32N2O5. The van der Waals surface area contributed by atoms with Gasteiger partial charge in [0.2, 0.25) is 0 Å². The third kappa shape index (κ3) is 5.14. The van der Waals surface area contributed by atoms with Crippen LogP contribution in [-0.2, 0) is 22.6 Å². The van der Waals surface area contributed by atoms with Crippen molar-refractivity contribution in [3.05, 3.63) is 94.8 Å². The van der Waals surface area contributed by atoms with Crippen molar-refractivity contribution in [3.63, 3.8) is 0 Å². The summed E-state index contributed by atoms with van der Waals surface area (Å²) in [6.45, 7) is 7.00. The molecule has 0 spiro atoms. The second-order valence-electron chi connectivity index (χ2n) is 10.3. The molecular weight excluding hydrogens is 480 g/mol. The van der Waals surface area contributed by atoms with Gasteiger partial charge in [0.25, 0.3) is 11.7 Å². The molecule has 1 amide bonds. The molecule has 1 N–H and O–H groups in total. The average Bonchev–Trinajstić information content (AvgIpc) is 3.40. The van der Waals surface area contributed by atoms with E-state index in [0.29, 0.717) is 35.8 Å². The number of carbonyl (C=O) groups is 2. The fraction of sp³-hybridized carbons (Fsp3) is 0.323. The first-order valence-electron chi connectivity index (χ1n) is 13.0. The first kappa shape index (κ1) is 25.5. The molecule has 2 atom stereocenters. The van der Waals surface area contributed by atoms with Gasteiger partial charge in [0.05, 0.1) is 18.2 Å². The van der Waals surface area contributed by atoms with Crippen LogP contribution in [0.4, 0.5) is 0 Å². The van der Waals surface area contributed by atoms with Crippen molar-refractivity contribution in [1.82, 2.24) is 9.88 Å². The molecule has 5 rings (SSSR count). The predicted molar refractivity (Wildman–Crippen MR) is 144 cm³/mol. The number of hydrogen-bond donors (Lipinski definition) is 1. The van der Waals surface area contributed by atoms with E-state index in [4.69, 9.17) is 9.47 Å². The van der Waals surface area contributed by atoms with Crippen LogP contribution in [0.2, 0.25) is 0 Å². The summed E-state index contributed by atoms with van der Waals surface area (Å²) in [6.07, 6.45) is 5.00. The van der Waals surface area contributed by atoms with Gasteiger partial charge in [-0.3, -0.25) is 14.6 Å². The van der Waals surface area contributed by atoms with Crippen LogP contribution >= 0.6 is 0 Å². The van der Waals surface area contributed by atoms with Crippen LogP contribution in [0.25, 0.3) is 5.76 Å². The van der Waals surface area contributed by atoms with Gasteiger partial charge >= 0.3 is 0 Å². The smallest absolute Gasteiger partial charge is 0.295 e. The molecule has 2 aromatic carbocycles. The zero-order valence-electron chi connectivity index (χ0n) is 21.9. The van der Waals surface area contributed by atoms with Crippen molar-refractivity contribution in [3.8, 4) is 11.5 Å². The quantitative estimate of drug-likeness (QED) is 0.245. The second kappa shape index (κ2) is 10.7. The molecule has 1 fully saturated rings. The molecule has 1 aromatic heterocycles. The van der Waals surface area contributed by atoms with Crippen LogP contribution in [-0.4, -0.2) is 39.4 Å². The maximum Gasteiger partial charge on any atom is 0.295 e. The van der Waals surface area contributed by atoms with Crippen LogP contribution in [0, 0.1) is 5.92 Å². The van der Waals surface area contributed by atoms with Crippen LogP contribution < -0.4 is 9.47 Å². The van der Waals surface area contributed by atoms with E-state index in [0.717, 1.165) is 23.3 Å². The molecule has 2 aliphatic heterocycles. The number of benzene rings is 2. The van der Waals surface area contributed by atoms with Crippen molar-refractivity contribution >= 4 is 17.4 Å². The molecule has 38 heavy (non-hydrogen) atoms. The topological polar surface area (TPSA) is 89.0 Å². The number of aromatic nitrogens is 1. The van der Waals surface area contributed by atoms with Gasteiger partial charge in [-0.2, -0.15) is 0 Å². The Balaban J connectivity index is 1.57. The van der Waals surface area contributed by atoms with Crippen LogP contribution in [0.1, 0.15) is 55.5 Å². The highest BCUT2D eigenvalue weighted by atomic mass is 16.5. The van der Waals surface area contributed by atoms with Gasteiger partial charge < -0.3 is 19.5 Å².